The number of nitrogens with two attached hydrogens (primary N) is 1. The molecule has 0 bridgehead atoms. The van der Waals surface area contributed by atoms with Gasteiger partial charge in [-0.3, -0.25) is 9.69 Å². The summed E-state index contributed by atoms with van der Waals surface area (Å²) in [6.45, 7) is 0.435. The van der Waals surface area contributed by atoms with Gasteiger partial charge < -0.3 is 16.4 Å². The Morgan fingerprint density at radius 3 is 2.35 bits per heavy atom. The number of nitriles is 1. The van der Waals surface area contributed by atoms with E-state index in [1.165, 1.54) is 17.5 Å². The molecule has 5 rings (SSSR count). The van der Waals surface area contributed by atoms with Crippen molar-refractivity contribution >= 4 is 34.8 Å². The van der Waals surface area contributed by atoms with Gasteiger partial charge in [0.2, 0.25) is 0 Å². The summed E-state index contributed by atoms with van der Waals surface area (Å²) < 4.78 is 0. The molecule has 1 aliphatic rings. The number of hydrogen-bond donors (Lipinski definition) is 3. The minimum atomic E-state index is -0.498. The van der Waals surface area contributed by atoms with Crippen molar-refractivity contribution in [2.45, 2.75) is 44.3 Å². The highest BCUT2D eigenvalue weighted by Gasteiger charge is 2.30. The topological polar surface area (TPSA) is 137 Å². The molecule has 0 spiro atoms. The van der Waals surface area contributed by atoms with Gasteiger partial charge in [0, 0.05) is 36.1 Å². The Morgan fingerprint density at radius 2 is 1.73 bits per heavy atom. The lowest BCUT2D eigenvalue weighted by Gasteiger charge is -2.37. The molecule has 10 heteroatoms. The molecule has 1 fully saturated rings. The highest BCUT2D eigenvalue weighted by molar-refractivity contribution is 7.16. The molecule has 0 unspecified atom stereocenters. The second kappa shape index (κ2) is 12.4. The number of hydrogen-bond acceptors (Lipinski definition) is 7. The third-order valence-electron chi connectivity index (χ3n) is 6.95. The summed E-state index contributed by atoms with van der Waals surface area (Å²) >= 11 is 1.24. The van der Waals surface area contributed by atoms with E-state index in [1.54, 1.807) is 12.3 Å². The van der Waals surface area contributed by atoms with Crippen LogP contribution in [-0.2, 0) is 6.54 Å². The van der Waals surface area contributed by atoms with Crippen LogP contribution in [-0.4, -0.2) is 34.0 Å². The van der Waals surface area contributed by atoms with Crippen molar-refractivity contribution in [3.63, 3.8) is 0 Å². The van der Waals surface area contributed by atoms with Crippen LogP contribution in [0.1, 0.15) is 46.5 Å². The fourth-order valence-corrected chi connectivity index (χ4v) is 5.65. The van der Waals surface area contributed by atoms with Gasteiger partial charge in [-0.2, -0.15) is 5.26 Å². The number of nitrogens with one attached hydrogen (secondary N) is 2. The number of carbonyl (C=O) groups excluding carboxylic acids is 2. The van der Waals surface area contributed by atoms with E-state index >= 15 is 0 Å². The summed E-state index contributed by atoms with van der Waals surface area (Å²) in [7, 11) is 0. The molecule has 0 aliphatic heterocycles. The minimum absolute atomic E-state index is 0.0231. The molecule has 4 N–H and O–H groups in total. The van der Waals surface area contributed by atoms with E-state index in [4.69, 9.17) is 11.0 Å². The van der Waals surface area contributed by atoms with E-state index in [0.717, 1.165) is 48.3 Å². The molecule has 0 saturated heterocycles. The van der Waals surface area contributed by atoms with Crippen LogP contribution in [0.15, 0.2) is 79.1 Å². The number of primary amides is 1. The van der Waals surface area contributed by atoms with Crippen molar-refractivity contribution in [1.82, 2.24) is 15.3 Å². The number of pyridine rings is 1. The van der Waals surface area contributed by atoms with E-state index in [9.17, 15) is 9.59 Å². The van der Waals surface area contributed by atoms with Gasteiger partial charge in [-0.1, -0.05) is 30.3 Å². The van der Waals surface area contributed by atoms with Crippen LogP contribution >= 0.6 is 11.3 Å². The number of aromatic nitrogens is 2. The number of benzene rings is 2. The summed E-state index contributed by atoms with van der Waals surface area (Å²) in [6.07, 6.45) is 6.45. The first-order valence-electron chi connectivity index (χ1n) is 13.1. The summed E-state index contributed by atoms with van der Waals surface area (Å²) in [6, 6.07) is 23.3. The van der Waals surface area contributed by atoms with Gasteiger partial charge in [-0.05, 0) is 67.6 Å². The van der Waals surface area contributed by atoms with Crippen LogP contribution in [0.4, 0.5) is 16.3 Å². The normalized spacial score (nSPS) is 16.5. The maximum absolute atomic E-state index is 13.6. The minimum Gasteiger partial charge on any atom is -0.367 e. The quantitative estimate of drug-likeness (QED) is 0.271. The van der Waals surface area contributed by atoms with E-state index < -0.39 is 5.91 Å². The first-order valence-corrected chi connectivity index (χ1v) is 13.9. The van der Waals surface area contributed by atoms with Crippen molar-refractivity contribution < 1.29 is 9.59 Å². The Labute approximate surface area is 236 Å². The van der Waals surface area contributed by atoms with Gasteiger partial charge in [0.1, 0.15) is 21.8 Å². The zero-order valence-electron chi connectivity index (χ0n) is 21.8. The average molecular weight is 552 g/mol. The van der Waals surface area contributed by atoms with E-state index in [1.807, 2.05) is 65.6 Å². The number of rotatable bonds is 8. The molecule has 4 aromatic rings. The lowest BCUT2D eigenvalue weighted by molar-refractivity contribution is 0.100. The van der Waals surface area contributed by atoms with E-state index in [2.05, 4.69) is 26.7 Å². The Balaban J connectivity index is 1.30. The summed E-state index contributed by atoms with van der Waals surface area (Å²) in [5.74, 6) is 0.249. The number of thiazole rings is 1. The molecule has 2 aromatic heterocycles. The van der Waals surface area contributed by atoms with Crippen LogP contribution in [0.3, 0.4) is 0 Å². The number of urea groups is 1. The zero-order chi connectivity index (χ0) is 27.9. The summed E-state index contributed by atoms with van der Waals surface area (Å²) in [4.78, 5) is 36.0. The van der Waals surface area contributed by atoms with Gasteiger partial charge in [-0.25, -0.2) is 14.8 Å². The first-order chi connectivity index (χ1) is 19.5. The molecule has 2 aromatic carbocycles. The molecule has 0 radical (unpaired) electrons. The van der Waals surface area contributed by atoms with Gasteiger partial charge in [-0.15, -0.1) is 11.3 Å². The average Bonchev–Trinajstić information content (AvgIpc) is 3.49. The lowest BCUT2D eigenvalue weighted by atomic mass is 9.89. The number of carbonyl (C=O) groups is 2. The van der Waals surface area contributed by atoms with Crippen LogP contribution in [0.5, 0.6) is 0 Å². The maximum Gasteiger partial charge on any atom is 0.322 e. The van der Waals surface area contributed by atoms with E-state index in [-0.39, 0.29) is 18.1 Å². The van der Waals surface area contributed by atoms with Gasteiger partial charge in [0.05, 0.1) is 11.8 Å². The van der Waals surface area contributed by atoms with Gasteiger partial charge in [0.25, 0.3) is 5.91 Å². The fourth-order valence-electron chi connectivity index (χ4n) is 4.87. The van der Waals surface area contributed by atoms with Crippen LogP contribution in [0.25, 0.3) is 10.6 Å². The Hall–Kier alpha value is -4.75. The standard InChI is InChI=1S/C30H29N7O2S/c31-16-21-6-15-27(33-18-21)36-23-9-13-25(14-10-23)37(30(39)35-17-20-4-2-1-3-5-20)24-11-7-22(8-12-24)29-34-19-26(40-29)28(32)38/h1-8,11-12,15,18-19,23,25H,9-10,13-14,17H2,(H2,32,38)(H,33,36)(H,35,39)/t23-,25-. The lowest BCUT2D eigenvalue weighted by Crippen LogP contribution is -2.48. The maximum atomic E-state index is 13.6. The smallest absolute Gasteiger partial charge is 0.322 e. The Morgan fingerprint density at radius 1 is 0.975 bits per heavy atom. The van der Waals surface area contributed by atoms with E-state index in [0.29, 0.717) is 22.0 Å². The molecule has 1 saturated carbocycles. The molecule has 202 valence electrons. The molecule has 3 amide bonds. The Bertz CT molecular complexity index is 1490. The van der Waals surface area contributed by atoms with Crippen molar-refractivity contribution in [3.05, 3.63) is 95.1 Å². The second-order valence-electron chi connectivity index (χ2n) is 9.65. The van der Waals surface area contributed by atoms with Crippen molar-refractivity contribution in [2.24, 2.45) is 5.73 Å². The predicted octanol–water partition coefficient (Wildman–Crippen LogP) is 5.32. The molecule has 1 aliphatic carbocycles. The highest BCUT2D eigenvalue weighted by atomic mass is 32.1. The predicted molar refractivity (Wildman–Crippen MR) is 156 cm³/mol. The van der Waals surface area contributed by atoms with Crippen LogP contribution < -0.4 is 21.3 Å². The monoisotopic (exact) mass is 551 g/mol. The van der Waals surface area contributed by atoms with Crippen LogP contribution in [0.2, 0.25) is 0 Å². The molecular weight excluding hydrogens is 522 g/mol. The highest BCUT2D eigenvalue weighted by Crippen LogP contribution is 2.32. The van der Waals surface area contributed by atoms with Crippen molar-refractivity contribution in [2.75, 3.05) is 10.2 Å². The SMILES string of the molecule is N#Cc1ccc(N[C@H]2CC[C@H](N(C(=O)NCc3ccccc3)c3ccc(-c4ncc(C(N)=O)s4)cc3)CC2)nc1. The third kappa shape index (κ3) is 6.45. The Kier molecular flexibility index (Phi) is 8.32. The molecule has 0 atom stereocenters. The number of amides is 3. The largest absolute Gasteiger partial charge is 0.367 e. The molecule has 2 heterocycles. The molecular formula is C30H29N7O2S. The van der Waals surface area contributed by atoms with Gasteiger partial charge in [0.15, 0.2) is 0 Å². The van der Waals surface area contributed by atoms with Crippen molar-refractivity contribution in [1.29, 1.82) is 5.26 Å². The van der Waals surface area contributed by atoms with Gasteiger partial charge >= 0.3 is 6.03 Å². The van der Waals surface area contributed by atoms with Crippen LogP contribution in [0, 0.1) is 11.3 Å². The second-order valence-corrected chi connectivity index (χ2v) is 10.7. The van der Waals surface area contributed by atoms with Crippen molar-refractivity contribution in [3.8, 4) is 16.6 Å². The first kappa shape index (κ1) is 26.8. The fraction of sp³-hybridized carbons (Fsp3) is 0.233. The number of anilines is 2. The summed E-state index contributed by atoms with van der Waals surface area (Å²) in [5.41, 5.74) is 8.59. The summed E-state index contributed by atoms with van der Waals surface area (Å²) in [5, 5.41) is 16.3. The molecule has 40 heavy (non-hydrogen) atoms. The third-order valence-corrected chi connectivity index (χ3v) is 8.01. The zero-order valence-corrected chi connectivity index (χ0v) is 22.6. The number of nitrogens with zero attached hydrogens (tertiary/aromatic N) is 4. The molecule has 9 nitrogen and oxygen atoms in total.